The first-order valence-electron chi connectivity index (χ1n) is 6.99. The van der Waals surface area contributed by atoms with E-state index in [-0.39, 0.29) is 0 Å². The van der Waals surface area contributed by atoms with Gasteiger partial charge in [-0.2, -0.15) is 11.8 Å². The highest BCUT2D eigenvalue weighted by Gasteiger charge is 2.15. The number of pyridine rings is 1. The van der Waals surface area contributed by atoms with Crippen LogP contribution in [-0.4, -0.2) is 39.5 Å². The minimum atomic E-state index is 0.734. The van der Waals surface area contributed by atoms with Gasteiger partial charge in [0.1, 0.15) is 11.5 Å². The van der Waals surface area contributed by atoms with E-state index in [2.05, 4.69) is 27.9 Å². The second kappa shape index (κ2) is 6.22. The molecule has 2 aromatic heterocycles. The van der Waals surface area contributed by atoms with Crippen molar-refractivity contribution in [3.63, 3.8) is 0 Å². The second-order valence-corrected chi connectivity index (χ2v) is 5.93. The molecule has 0 atom stereocenters. The van der Waals surface area contributed by atoms with Gasteiger partial charge in [0.05, 0.1) is 0 Å². The summed E-state index contributed by atoms with van der Waals surface area (Å²) in [6.07, 6.45) is 2.70. The lowest BCUT2D eigenvalue weighted by atomic mass is 10.2. The van der Waals surface area contributed by atoms with Gasteiger partial charge >= 0.3 is 0 Å². The lowest BCUT2D eigenvalue weighted by Crippen LogP contribution is -2.33. The summed E-state index contributed by atoms with van der Waals surface area (Å²) in [7, 11) is 0. The van der Waals surface area contributed by atoms with Crippen molar-refractivity contribution >= 4 is 17.6 Å². The van der Waals surface area contributed by atoms with Crippen LogP contribution < -0.4 is 4.90 Å². The van der Waals surface area contributed by atoms with Crippen molar-refractivity contribution in [1.82, 2.24) is 15.0 Å². The monoisotopic (exact) mass is 286 g/mol. The summed E-state index contributed by atoms with van der Waals surface area (Å²) >= 11 is 2.01. The molecule has 1 fully saturated rings. The maximum Gasteiger partial charge on any atom is 0.180 e. The van der Waals surface area contributed by atoms with Crippen LogP contribution in [0.2, 0.25) is 0 Å². The number of thioether (sulfide) groups is 1. The van der Waals surface area contributed by atoms with Crippen LogP contribution >= 0.6 is 11.8 Å². The normalized spacial score (nSPS) is 15.3. The quantitative estimate of drug-likeness (QED) is 0.867. The van der Waals surface area contributed by atoms with Gasteiger partial charge in [0.25, 0.3) is 0 Å². The van der Waals surface area contributed by atoms with Crippen molar-refractivity contribution in [2.75, 3.05) is 29.5 Å². The van der Waals surface area contributed by atoms with E-state index in [4.69, 9.17) is 4.98 Å². The predicted molar refractivity (Wildman–Crippen MR) is 84.2 cm³/mol. The molecule has 0 aromatic carbocycles. The fourth-order valence-corrected chi connectivity index (χ4v) is 3.13. The lowest BCUT2D eigenvalue weighted by Gasteiger charge is -2.27. The van der Waals surface area contributed by atoms with Crippen molar-refractivity contribution in [3.8, 4) is 11.5 Å². The number of hydrogen-bond donors (Lipinski definition) is 0. The van der Waals surface area contributed by atoms with Crippen LogP contribution in [0.1, 0.15) is 12.6 Å². The Labute approximate surface area is 123 Å². The summed E-state index contributed by atoms with van der Waals surface area (Å²) in [5.74, 6) is 4.12. The van der Waals surface area contributed by atoms with Gasteiger partial charge in [-0.3, -0.25) is 4.98 Å². The zero-order valence-corrected chi connectivity index (χ0v) is 12.4. The van der Waals surface area contributed by atoms with Crippen molar-refractivity contribution in [3.05, 3.63) is 36.2 Å². The second-order valence-electron chi connectivity index (χ2n) is 4.71. The van der Waals surface area contributed by atoms with Crippen molar-refractivity contribution in [2.45, 2.75) is 13.3 Å². The van der Waals surface area contributed by atoms with Crippen LogP contribution in [0.25, 0.3) is 11.5 Å². The third kappa shape index (κ3) is 2.93. The summed E-state index contributed by atoms with van der Waals surface area (Å²) in [5, 5.41) is 0. The Morgan fingerprint density at radius 2 is 2.05 bits per heavy atom. The molecular weight excluding hydrogens is 268 g/mol. The summed E-state index contributed by atoms with van der Waals surface area (Å²) < 4.78 is 0. The Hall–Kier alpha value is -1.62. The van der Waals surface area contributed by atoms with Gasteiger partial charge in [-0.15, -0.1) is 0 Å². The van der Waals surface area contributed by atoms with E-state index in [1.54, 1.807) is 6.20 Å². The Kier molecular flexibility index (Phi) is 4.16. The third-order valence-corrected chi connectivity index (χ3v) is 4.30. The van der Waals surface area contributed by atoms with Crippen molar-refractivity contribution in [2.24, 2.45) is 0 Å². The van der Waals surface area contributed by atoms with E-state index in [0.29, 0.717) is 0 Å². The largest absolute Gasteiger partial charge is 0.355 e. The molecule has 0 N–H and O–H groups in total. The van der Waals surface area contributed by atoms with Crippen LogP contribution in [0.3, 0.4) is 0 Å². The topological polar surface area (TPSA) is 41.9 Å². The average Bonchev–Trinajstić information content (AvgIpc) is 2.56. The van der Waals surface area contributed by atoms with Gasteiger partial charge in [-0.05, 0) is 18.6 Å². The Morgan fingerprint density at radius 3 is 2.75 bits per heavy atom. The van der Waals surface area contributed by atoms with Crippen LogP contribution in [0.4, 0.5) is 5.82 Å². The molecule has 1 saturated heterocycles. The Bertz CT molecular complexity index is 567. The SMILES string of the molecule is CCc1cc(N2CCSCC2)nc(-c2ccccn2)n1. The maximum absolute atomic E-state index is 4.72. The standard InChI is InChI=1S/C15H18N4S/c1-2-12-11-14(19-7-9-20-10-8-19)18-15(17-12)13-5-3-4-6-16-13/h3-6,11H,2,7-10H2,1H3. The van der Waals surface area contributed by atoms with Crippen molar-refractivity contribution in [1.29, 1.82) is 0 Å². The fourth-order valence-electron chi connectivity index (χ4n) is 2.23. The van der Waals surface area contributed by atoms with E-state index >= 15 is 0 Å². The molecule has 2 aromatic rings. The van der Waals surface area contributed by atoms with E-state index < -0.39 is 0 Å². The molecule has 1 aliphatic rings. The Morgan fingerprint density at radius 1 is 1.20 bits per heavy atom. The molecule has 4 nitrogen and oxygen atoms in total. The first kappa shape index (κ1) is 13.4. The number of anilines is 1. The summed E-state index contributed by atoms with van der Waals surface area (Å²) in [6.45, 7) is 4.25. The van der Waals surface area contributed by atoms with Crippen LogP contribution in [0.5, 0.6) is 0 Å². The summed E-state index contributed by atoms with van der Waals surface area (Å²) in [5.41, 5.74) is 1.92. The molecule has 0 aliphatic carbocycles. The smallest absolute Gasteiger partial charge is 0.180 e. The van der Waals surface area contributed by atoms with Gasteiger partial charge in [0, 0.05) is 42.6 Å². The van der Waals surface area contributed by atoms with Gasteiger partial charge in [0.15, 0.2) is 5.82 Å². The molecular formula is C15H18N4S. The molecule has 104 valence electrons. The molecule has 5 heteroatoms. The molecule has 0 saturated carbocycles. The first-order chi connectivity index (χ1) is 9.86. The van der Waals surface area contributed by atoms with Gasteiger partial charge in [-0.1, -0.05) is 13.0 Å². The van der Waals surface area contributed by atoms with Gasteiger partial charge in [0.2, 0.25) is 0 Å². The number of nitrogens with zero attached hydrogens (tertiary/aromatic N) is 4. The van der Waals surface area contributed by atoms with Gasteiger partial charge in [-0.25, -0.2) is 9.97 Å². The highest BCUT2D eigenvalue weighted by atomic mass is 32.2. The minimum Gasteiger partial charge on any atom is -0.355 e. The molecule has 0 spiro atoms. The summed E-state index contributed by atoms with van der Waals surface area (Å²) in [6, 6.07) is 7.96. The molecule has 0 amide bonds. The number of aromatic nitrogens is 3. The molecule has 3 heterocycles. The third-order valence-electron chi connectivity index (χ3n) is 3.36. The van der Waals surface area contributed by atoms with Crippen LogP contribution in [0, 0.1) is 0 Å². The predicted octanol–water partition coefficient (Wildman–Crippen LogP) is 2.65. The molecule has 20 heavy (non-hydrogen) atoms. The number of hydrogen-bond acceptors (Lipinski definition) is 5. The van der Waals surface area contributed by atoms with E-state index in [0.717, 1.165) is 42.5 Å². The molecule has 1 aliphatic heterocycles. The molecule has 0 radical (unpaired) electrons. The molecule has 0 bridgehead atoms. The molecule has 3 rings (SSSR count). The van der Waals surface area contributed by atoms with Crippen LogP contribution in [0.15, 0.2) is 30.5 Å². The Balaban J connectivity index is 1.98. The first-order valence-corrected chi connectivity index (χ1v) is 8.14. The van der Waals surface area contributed by atoms with Crippen LogP contribution in [-0.2, 0) is 6.42 Å². The lowest BCUT2D eigenvalue weighted by molar-refractivity contribution is 0.829. The highest BCUT2D eigenvalue weighted by Crippen LogP contribution is 2.21. The maximum atomic E-state index is 4.72. The fraction of sp³-hybridized carbons (Fsp3) is 0.400. The summed E-state index contributed by atoms with van der Waals surface area (Å²) in [4.78, 5) is 16.0. The average molecular weight is 286 g/mol. The van der Waals surface area contributed by atoms with Gasteiger partial charge < -0.3 is 4.90 Å². The van der Waals surface area contributed by atoms with E-state index in [9.17, 15) is 0 Å². The van der Waals surface area contributed by atoms with Crippen molar-refractivity contribution < 1.29 is 0 Å². The minimum absolute atomic E-state index is 0.734. The van der Waals surface area contributed by atoms with E-state index in [1.165, 1.54) is 11.5 Å². The van der Waals surface area contributed by atoms with E-state index in [1.807, 2.05) is 30.0 Å². The number of aryl methyl sites for hydroxylation is 1. The zero-order chi connectivity index (χ0) is 13.8. The molecule has 0 unspecified atom stereocenters. The number of rotatable bonds is 3. The zero-order valence-electron chi connectivity index (χ0n) is 11.6. The highest BCUT2D eigenvalue weighted by molar-refractivity contribution is 7.99.